The molecule has 0 spiro atoms. The molecule has 1 unspecified atom stereocenters. The van der Waals surface area contributed by atoms with Crippen molar-refractivity contribution in [2.75, 3.05) is 18.6 Å². The summed E-state index contributed by atoms with van der Waals surface area (Å²) in [7, 11) is 1.53. The summed E-state index contributed by atoms with van der Waals surface area (Å²) in [6, 6.07) is 14.9. The predicted octanol–water partition coefficient (Wildman–Crippen LogP) is 6.52. The fourth-order valence-corrected chi connectivity index (χ4v) is 4.64. The number of unbranched alkanes of at least 4 members (excludes halogenated alkanes) is 1. The van der Waals surface area contributed by atoms with Gasteiger partial charge in [0.05, 0.1) is 30.7 Å². The molecule has 1 aliphatic heterocycles. The van der Waals surface area contributed by atoms with Gasteiger partial charge < -0.3 is 13.9 Å². The number of carbonyl (C=O) groups excluding carboxylic acids is 1. The first-order valence-corrected chi connectivity index (χ1v) is 12.0. The Morgan fingerprint density at radius 1 is 1.06 bits per heavy atom. The molecular formula is C28H23ClFNO5. The summed E-state index contributed by atoms with van der Waals surface area (Å²) in [5.74, 6) is -0.139. The lowest BCUT2D eigenvalue weighted by Crippen LogP contribution is -2.29. The highest BCUT2D eigenvalue weighted by atomic mass is 35.5. The van der Waals surface area contributed by atoms with E-state index < -0.39 is 23.2 Å². The monoisotopic (exact) mass is 507 g/mol. The average Bonchev–Trinajstić information content (AvgIpc) is 3.17. The number of fused-ring (bicyclic) bond motifs is 2. The van der Waals surface area contributed by atoms with E-state index in [9.17, 15) is 14.0 Å². The topological polar surface area (TPSA) is 69.0 Å². The van der Waals surface area contributed by atoms with Gasteiger partial charge in [-0.1, -0.05) is 37.1 Å². The Labute approximate surface area is 211 Å². The number of hydrogen-bond donors (Lipinski definition) is 0. The molecule has 0 radical (unpaired) electrons. The van der Waals surface area contributed by atoms with E-state index in [0.717, 1.165) is 18.9 Å². The first kappa shape index (κ1) is 23.9. The SMILES string of the molecule is CCCCOc1ccc(C2c3c(oc4ccc(F)cc4c3=O)C(=O)N2c2cccc(Cl)c2)cc1OC. The Bertz CT molecular complexity index is 1530. The number of ether oxygens (including phenoxy) is 2. The van der Waals surface area contributed by atoms with E-state index >= 15 is 0 Å². The van der Waals surface area contributed by atoms with E-state index in [2.05, 4.69) is 6.92 Å². The zero-order valence-corrected chi connectivity index (χ0v) is 20.5. The molecule has 184 valence electrons. The van der Waals surface area contributed by atoms with Gasteiger partial charge in [0.25, 0.3) is 5.91 Å². The van der Waals surface area contributed by atoms with Crippen molar-refractivity contribution in [1.82, 2.24) is 0 Å². The second kappa shape index (κ2) is 9.66. The molecular weight excluding hydrogens is 485 g/mol. The summed E-state index contributed by atoms with van der Waals surface area (Å²) in [6.45, 7) is 2.61. The Morgan fingerprint density at radius 2 is 1.89 bits per heavy atom. The lowest BCUT2D eigenvalue weighted by Gasteiger charge is -2.26. The molecule has 5 rings (SSSR count). The molecule has 36 heavy (non-hydrogen) atoms. The van der Waals surface area contributed by atoms with Crippen LogP contribution in [0.3, 0.4) is 0 Å². The van der Waals surface area contributed by atoms with Crippen LogP contribution in [0.15, 0.2) is 69.9 Å². The highest BCUT2D eigenvalue weighted by Crippen LogP contribution is 2.43. The molecule has 1 aromatic heterocycles. The van der Waals surface area contributed by atoms with Crippen LogP contribution in [0, 0.1) is 5.82 Å². The van der Waals surface area contributed by atoms with Gasteiger partial charge in [0, 0.05) is 10.7 Å². The van der Waals surface area contributed by atoms with Crippen molar-refractivity contribution in [1.29, 1.82) is 0 Å². The number of hydrogen-bond acceptors (Lipinski definition) is 5. The van der Waals surface area contributed by atoms with Crippen molar-refractivity contribution >= 4 is 34.2 Å². The number of rotatable bonds is 7. The number of methoxy groups -OCH3 is 1. The maximum absolute atomic E-state index is 14.0. The number of anilines is 1. The first-order valence-electron chi connectivity index (χ1n) is 11.6. The van der Waals surface area contributed by atoms with Crippen molar-refractivity contribution in [2.45, 2.75) is 25.8 Å². The van der Waals surface area contributed by atoms with Gasteiger partial charge in [0.15, 0.2) is 16.9 Å². The third-order valence-electron chi connectivity index (χ3n) is 6.18. The second-order valence-electron chi connectivity index (χ2n) is 8.48. The fourth-order valence-electron chi connectivity index (χ4n) is 4.45. The molecule has 1 aliphatic rings. The normalized spacial score (nSPS) is 14.8. The minimum absolute atomic E-state index is 0.0611. The molecule has 0 fully saturated rings. The quantitative estimate of drug-likeness (QED) is 0.266. The molecule has 3 aromatic carbocycles. The van der Waals surface area contributed by atoms with Crippen LogP contribution in [-0.2, 0) is 0 Å². The van der Waals surface area contributed by atoms with Gasteiger partial charge in [0.2, 0.25) is 5.76 Å². The smallest absolute Gasteiger partial charge is 0.295 e. The predicted molar refractivity (Wildman–Crippen MR) is 136 cm³/mol. The van der Waals surface area contributed by atoms with Gasteiger partial charge in [-0.2, -0.15) is 0 Å². The molecule has 0 saturated carbocycles. The molecule has 4 aromatic rings. The van der Waals surface area contributed by atoms with Gasteiger partial charge in [-0.3, -0.25) is 14.5 Å². The molecule has 2 heterocycles. The molecule has 6 nitrogen and oxygen atoms in total. The van der Waals surface area contributed by atoms with Crippen LogP contribution in [-0.4, -0.2) is 19.6 Å². The van der Waals surface area contributed by atoms with Crippen LogP contribution in [0.1, 0.15) is 47.5 Å². The number of amides is 1. The Hall–Kier alpha value is -3.84. The van der Waals surface area contributed by atoms with E-state index in [-0.39, 0.29) is 22.3 Å². The van der Waals surface area contributed by atoms with Gasteiger partial charge >= 0.3 is 0 Å². The van der Waals surface area contributed by atoms with Crippen molar-refractivity contribution in [3.8, 4) is 11.5 Å². The van der Waals surface area contributed by atoms with Crippen LogP contribution in [0.5, 0.6) is 11.5 Å². The van der Waals surface area contributed by atoms with Gasteiger partial charge in [-0.25, -0.2) is 4.39 Å². The van der Waals surface area contributed by atoms with Crippen molar-refractivity contribution in [3.63, 3.8) is 0 Å². The summed E-state index contributed by atoms with van der Waals surface area (Å²) in [4.78, 5) is 28.8. The Morgan fingerprint density at radius 3 is 2.64 bits per heavy atom. The molecule has 1 amide bonds. The zero-order valence-electron chi connectivity index (χ0n) is 19.7. The van der Waals surface area contributed by atoms with Gasteiger partial charge in [0.1, 0.15) is 11.4 Å². The van der Waals surface area contributed by atoms with E-state index in [1.165, 1.54) is 24.1 Å². The largest absolute Gasteiger partial charge is 0.493 e. The average molecular weight is 508 g/mol. The minimum atomic E-state index is -0.853. The van der Waals surface area contributed by atoms with Crippen LogP contribution in [0.2, 0.25) is 5.02 Å². The minimum Gasteiger partial charge on any atom is -0.493 e. The lowest BCUT2D eigenvalue weighted by atomic mass is 9.97. The standard InChI is InChI=1S/C28H23ClFNO5/c1-3-4-12-35-22-10-8-16(13-23(22)34-2)25-24-26(32)20-15-18(30)9-11-21(20)36-27(24)28(33)31(25)19-7-5-6-17(29)14-19/h5-11,13-15,25H,3-4,12H2,1-2H3. The number of carbonyl (C=O) groups is 1. The summed E-state index contributed by atoms with van der Waals surface area (Å²) in [5, 5.41) is 0.491. The van der Waals surface area contributed by atoms with Gasteiger partial charge in [-0.05, 0) is 60.5 Å². The highest BCUT2D eigenvalue weighted by molar-refractivity contribution is 6.31. The number of benzene rings is 3. The van der Waals surface area contributed by atoms with Crippen molar-refractivity contribution in [3.05, 3.63) is 98.6 Å². The summed E-state index contributed by atoms with van der Waals surface area (Å²) in [6.07, 6.45) is 1.88. The Kier molecular flexibility index (Phi) is 6.41. The molecule has 0 saturated heterocycles. The highest BCUT2D eigenvalue weighted by Gasteiger charge is 2.44. The molecule has 0 aliphatic carbocycles. The zero-order chi connectivity index (χ0) is 25.4. The maximum Gasteiger partial charge on any atom is 0.295 e. The molecule has 8 heteroatoms. The third-order valence-corrected chi connectivity index (χ3v) is 6.41. The summed E-state index contributed by atoms with van der Waals surface area (Å²) >= 11 is 6.24. The van der Waals surface area contributed by atoms with E-state index in [4.69, 9.17) is 25.5 Å². The first-order chi connectivity index (χ1) is 17.4. The lowest BCUT2D eigenvalue weighted by molar-refractivity contribution is 0.0971. The van der Waals surface area contributed by atoms with Crippen LogP contribution < -0.4 is 19.8 Å². The maximum atomic E-state index is 14.0. The Balaban J connectivity index is 1.72. The second-order valence-corrected chi connectivity index (χ2v) is 8.92. The van der Waals surface area contributed by atoms with Crippen LogP contribution in [0.25, 0.3) is 11.0 Å². The van der Waals surface area contributed by atoms with Crippen LogP contribution >= 0.6 is 11.6 Å². The summed E-state index contributed by atoms with van der Waals surface area (Å²) < 4.78 is 31.3. The molecule has 0 N–H and O–H groups in total. The van der Waals surface area contributed by atoms with E-state index in [1.54, 1.807) is 42.5 Å². The fraction of sp³-hybridized carbons (Fsp3) is 0.214. The number of halogens is 2. The summed E-state index contributed by atoms with van der Waals surface area (Å²) in [5.41, 5.74) is 0.874. The third kappa shape index (κ3) is 4.09. The molecule has 0 bridgehead atoms. The molecule has 1 atom stereocenters. The van der Waals surface area contributed by atoms with Crippen molar-refractivity contribution in [2.24, 2.45) is 0 Å². The van der Waals surface area contributed by atoms with Gasteiger partial charge in [-0.15, -0.1) is 0 Å². The van der Waals surface area contributed by atoms with Crippen molar-refractivity contribution < 1.29 is 23.1 Å². The van der Waals surface area contributed by atoms with E-state index in [1.807, 2.05) is 0 Å². The number of nitrogens with zero attached hydrogens (tertiary/aromatic N) is 1. The van der Waals surface area contributed by atoms with Crippen LogP contribution in [0.4, 0.5) is 10.1 Å². The van der Waals surface area contributed by atoms with E-state index in [0.29, 0.717) is 34.4 Å².